The maximum absolute atomic E-state index is 12.5. The highest BCUT2D eigenvalue weighted by atomic mass is 16.2. The molecule has 0 atom stereocenters. The minimum absolute atomic E-state index is 0.161. The molecule has 0 bridgehead atoms. The van der Waals surface area contributed by atoms with Gasteiger partial charge in [-0.25, -0.2) is 0 Å². The second kappa shape index (κ2) is 7.24. The van der Waals surface area contributed by atoms with Gasteiger partial charge in [0, 0.05) is 12.3 Å². The van der Waals surface area contributed by atoms with E-state index < -0.39 is 5.41 Å². The zero-order chi connectivity index (χ0) is 15.1. The van der Waals surface area contributed by atoms with Crippen LogP contribution in [0.1, 0.15) is 44.1 Å². The van der Waals surface area contributed by atoms with Crippen molar-refractivity contribution in [2.24, 2.45) is 5.41 Å². The van der Waals surface area contributed by atoms with E-state index >= 15 is 0 Å². The molecule has 0 aromatic heterocycles. The minimum atomic E-state index is -0.862. The van der Waals surface area contributed by atoms with Crippen LogP contribution >= 0.6 is 0 Å². The fraction of sp³-hybridized carbons (Fsp3) is 0.529. The molecule has 1 aromatic carbocycles. The first-order valence-corrected chi connectivity index (χ1v) is 7.63. The van der Waals surface area contributed by atoms with Crippen molar-refractivity contribution in [3.05, 3.63) is 29.8 Å². The molecule has 0 unspecified atom stereocenters. The zero-order valence-electron chi connectivity index (χ0n) is 12.3. The van der Waals surface area contributed by atoms with Gasteiger partial charge in [-0.1, -0.05) is 31.4 Å². The molecule has 4 heteroatoms. The topological polar surface area (TPSA) is 73.1 Å². The molecule has 1 aromatic rings. The molecule has 2 N–H and O–H groups in total. The lowest BCUT2D eigenvalue weighted by molar-refractivity contribution is -0.124. The van der Waals surface area contributed by atoms with Crippen LogP contribution < -0.4 is 5.32 Å². The molecule has 1 amide bonds. The maximum Gasteiger partial charge on any atom is 0.244 e. The SMILES string of the molecule is N#CC1(C(=O)Nc2cccc(CCCO)c2)CCCCC1. The number of aryl methyl sites for hydroxylation is 1. The average Bonchev–Trinajstić information content (AvgIpc) is 2.54. The monoisotopic (exact) mass is 286 g/mol. The second-order valence-corrected chi connectivity index (χ2v) is 5.74. The van der Waals surface area contributed by atoms with E-state index in [9.17, 15) is 10.1 Å². The number of hydrogen-bond donors (Lipinski definition) is 2. The number of aliphatic hydroxyl groups excluding tert-OH is 1. The van der Waals surface area contributed by atoms with E-state index in [4.69, 9.17) is 5.11 Å². The average molecular weight is 286 g/mol. The van der Waals surface area contributed by atoms with Crippen LogP contribution in [0.4, 0.5) is 5.69 Å². The fourth-order valence-electron chi connectivity index (χ4n) is 2.88. The number of anilines is 1. The summed E-state index contributed by atoms with van der Waals surface area (Å²) in [7, 11) is 0. The van der Waals surface area contributed by atoms with Gasteiger partial charge in [0.15, 0.2) is 0 Å². The number of benzene rings is 1. The summed E-state index contributed by atoms with van der Waals surface area (Å²) in [5.41, 5.74) is 0.950. The number of nitriles is 1. The first-order chi connectivity index (χ1) is 10.2. The highest BCUT2D eigenvalue weighted by Crippen LogP contribution is 2.36. The van der Waals surface area contributed by atoms with Gasteiger partial charge < -0.3 is 10.4 Å². The van der Waals surface area contributed by atoms with Crippen LogP contribution in [-0.4, -0.2) is 17.6 Å². The van der Waals surface area contributed by atoms with Gasteiger partial charge in [-0.3, -0.25) is 4.79 Å². The van der Waals surface area contributed by atoms with Crippen LogP contribution in [-0.2, 0) is 11.2 Å². The molecular formula is C17H22N2O2. The van der Waals surface area contributed by atoms with Crippen molar-refractivity contribution in [3.63, 3.8) is 0 Å². The van der Waals surface area contributed by atoms with Gasteiger partial charge >= 0.3 is 0 Å². The van der Waals surface area contributed by atoms with E-state index in [1.165, 1.54) is 0 Å². The van der Waals surface area contributed by atoms with Gasteiger partial charge in [-0.05, 0) is 43.4 Å². The van der Waals surface area contributed by atoms with E-state index in [2.05, 4.69) is 11.4 Å². The van der Waals surface area contributed by atoms with Crippen LogP contribution in [0.2, 0.25) is 0 Å². The van der Waals surface area contributed by atoms with E-state index in [0.717, 1.165) is 36.9 Å². The molecule has 1 aliphatic rings. The van der Waals surface area contributed by atoms with Gasteiger partial charge in [-0.15, -0.1) is 0 Å². The maximum atomic E-state index is 12.5. The van der Waals surface area contributed by atoms with Crippen LogP contribution in [0.25, 0.3) is 0 Å². The molecular weight excluding hydrogens is 264 g/mol. The summed E-state index contributed by atoms with van der Waals surface area (Å²) >= 11 is 0. The smallest absolute Gasteiger partial charge is 0.244 e. The number of amides is 1. The van der Waals surface area contributed by atoms with E-state index in [1.54, 1.807) is 0 Å². The number of carbonyl (C=O) groups is 1. The number of nitrogens with one attached hydrogen (secondary N) is 1. The van der Waals surface area contributed by atoms with Crippen molar-refractivity contribution < 1.29 is 9.90 Å². The van der Waals surface area contributed by atoms with E-state index in [1.807, 2.05) is 24.3 Å². The Morgan fingerprint density at radius 1 is 1.33 bits per heavy atom. The number of hydrogen-bond acceptors (Lipinski definition) is 3. The molecule has 0 spiro atoms. The zero-order valence-corrected chi connectivity index (χ0v) is 12.3. The van der Waals surface area contributed by atoms with Crippen LogP contribution in [0, 0.1) is 16.7 Å². The Hall–Kier alpha value is -1.86. The van der Waals surface area contributed by atoms with Gasteiger partial charge in [-0.2, -0.15) is 5.26 Å². The Kier molecular flexibility index (Phi) is 5.35. The summed E-state index contributed by atoms with van der Waals surface area (Å²) in [6.45, 7) is 0.161. The summed E-state index contributed by atoms with van der Waals surface area (Å²) in [4.78, 5) is 12.5. The van der Waals surface area contributed by atoms with Crippen LogP contribution in [0.15, 0.2) is 24.3 Å². The van der Waals surface area contributed by atoms with Gasteiger partial charge in [0.05, 0.1) is 6.07 Å². The molecule has 112 valence electrons. The molecule has 0 saturated heterocycles. The molecule has 0 radical (unpaired) electrons. The van der Waals surface area contributed by atoms with E-state index in [0.29, 0.717) is 19.3 Å². The molecule has 4 nitrogen and oxygen atoms in total. The van der Waals surface area contributed by atoms with Crippen LogP contribution in [0.3, 0.4) is 0 Å². The summed E-state index contributed by atoms with van der Waals surface area (Å²) in [6, 6.07) is 9.87. The number of nitrogens with zero attached hydrogens (tertiary/aromatic N) is 1. The number of carbonyl (C=O) groups excluding carboxylic acids is 1. The molecule has 1 fully saturated rings. The molecule has 1 saturated carbocycles. The van der Waals surface area contributed by atoms with E-state index in [-0.39, 0.29) is 12.5 Å². The lowest BCUT2D eigenvalue weighted by Gasteiger charge is -2.29. The molecule has 0 heterocycles. The summed E-state index contributed by atoms with van der Waals surface area (Å²) in [6.07, 6.45) is 5.78. The minimum Gasteiger partial charge on any atom is -0.396 e. The van der Waals surface area contributed by atoms with Crippen molar-refractivity contribution in [1.82, 2.24) is 0 Å². The Morgan fingerprint density at radius 3 is 2.76 bits per heavy atom. The fourth-order valence-corrected chi connectivity index (χ4v) is 2.88. The Morgan fingerprint density at radius 2 is 2.10 bits per heavy atom. The molecule has 2 rings (SSSR count). The number of aliphatic hydroxyl groups is 1. The largest absolute Gasteiger partial charge is 0.396 e. The Labute approximate surface area is 125 Å². The van der Waals surface area contributed by atoms with Crippen molar-refractivity contribution in [2.75, 3.05) is 11.9 Å². The van der Waals surface area contributed by atoms with Gasteiger partial charge in [0.2, 0.25) is 5.91 Å². The van der Waals surface area contributed by atoms with Crippen molar-refractivity contribution in [2.45, 2.75) is 44.9 Å². The first-order valence-electron chi connectivity index (χ1n) is 7.63. The molecule has 21 heavy (non-hydrogen) atoms. The predicted octanol–water partition coefficient (Wildman–Crippen LogP) is 3.02. The normalized spacial score (nSPS) is 17.0. The lowest BCUT2D eigenvalue weighted by atomic mass is 9.74. The molecule has 0 aliphatic heterocycles. The summed E-state index contributed by atoms with van der Waals surface area (Å²) in [5.74, 6) is -0.177. The first kappa shape index (κ1) is 15.5. The highest BCUT2D eigenvalue weighted by molar-refractivity contribution is 5.97. The second-order valence-electron chi connectivity index (χ2n) is 5.74. The number of rotatable bonds is 5. The molecule has 1 aliphatic carbocycles. The standard InChI is InChI=1S/C17H22N2O2/c18-13-17(9-2-1-3-10-17)16(21)19-15-8-4-6-14(12-15)7-5-11-20/h4,6,8,12,20H,1-3,5,7,9-11H2,(H,19,21). The quantitative estimate of drug-likeness (QED) is 0.873. The Balaban J connectivity index is 2.06. The van der Waals surface area contributed by atoms with Crippen molar-refractivity contribution in [3.8, 4) is 6.07 Å². The van der Waals surface area contributed by atoms with Crippen molar-refractivity contribution in [1.29, 1.82) is 5.26 Å². The predicted molar refractivity (Wildman–Crippen MR) is 81.6 cm³/mol. The summed E-state index contributed by atoms with van der Waals surface area (Å²) < 4.78 is 0. The third kappa shape index (κ3) is 3.83. The Bertz CT molecular complexity index is 528. The highest BCUT2D eigenvalue weighted by Gasteiger charge is 2.39. The van der Waals surface area contributed by atoms with Gasteiger partial charge in [0.1, 0.15) is 5.41 Å². The third-order valence-corrected chi connectivity index (χ3v) is 4.16. The van der Waals surface area contributed by atoms with Gasteiger partial charge in [0.25, 0.3) is 0 Å². The third-order valence-electron chi connectivity index (χ3n) is 4.16. The van der Waals surface area contributed by atoms with Crippen molar-refractivity contribution >= 4 is 11.6 Å². The summed E-state index contributed by atoms with van der Waals surface area (Å²) in [5, 5.41) is 21.2. The lowest BCUT2D eigenvalue weighted by Crippen LogP contribution is -2.36. The van der Waals surface area contributed by atoms with Crippen LogP contribution in [0.5, 0.6) is 0 Å².